The Morgan fingerprint density at radius 3 is 2.67 bits per heavy atom. The van der Waals surface area contributed by atoms with Crippen molar-refractivity contribution in [2.75, 3.05) is 18.0 Å². The van der Waals surface area contributed by atoms with Crippen molar-refractivity contribution in [3.8, 4) is 11.1 Å². The minimum Gasteiger partial charge on any atom is -0.481 e. The first kappa shape index (κ1) is 16.4. The molecule has 1 N–H and O–H groups in total. The number of hydrogen-bond donors (Lipinski definition) is 1. The van der Waals surface area contributed by atoms with Gasteiger partial charge in [0.15, 0.2) is 0 Å². The summed E-state index contributed by atoms with van der Waals surface area (Å²) in [5, 5.41) is 8.75. The fraction of sp³-hybridized carbons (Fsp3) is 0.421. The maximum Gasteiger partial charge on any atom is 0.303 e. The molecular weight excluding hydrogens is 302 g/mol. The van der Waals surface area contributed by atoms with Gasteiger partial charge in [0.2, 0.25) is 0 Å². The number of anilines is 1. The first-order valence-corrected chi connectivity index (χ1v) is 8.55. The Morgan fingerprint density at radius 2 is 1.96 bits per heavy atom. The standard InChI is InChI=1S/C19H23N3O2/c23-19(24)5-1-3-15-7-11-22(12-8-15)18-6-10-21-14-17(18)16-4-2-9-20-13-16/h2,4,6,9-10,13-15H,1,3,5,7-8,11-12H2,(H,23,24). The Hall–Kier alpha value is -2.43. The zero-order valence-corrected chi connectivity index (χ0v) is 13.8. The van der Waals surface area contributed by atoms with Crippen molar-refractivity contribution in [1.29, 1.82) is 0 Å². The Balaban J connectivity index is 1.64. The van der Waals surface area contributed by atoms with E-state index >= 15 is 0 Å². The maximum atomic E-state index is 10.6. The largest absolute Gasteiger partial charge is 0.481 e. The fourth-order valence-corrected chi connectivity index (χ4v) is 3.41. The van der Waals surface area contributed by atoms with E-state index in [9.17, 15) is 4.79 Å². The molecule has 3 rings (SSSR count). The highest BCUT2D eigenvalue weighted by Gasteiger charge is 2.21. The van der Waals surface area contributed by atoms with Gasteiger partial charge in [-0.25, -0.2) is 0 Å². The van der Waals surface area contributed by atoms with Crippen LogP contribution in [0.5, 0.6) is 0 Å². The van der Waals surface area contributed by atoms with Crippen LogP contribution in [0.3, 0.4) is 0 Å². The van der Waals surface area contributed by atoms with Gasteiger partial charge in [0.1, 0.15) is 0 Å². The molecule has 0 atom stereocenters. The second-order valence-corrected chi connectivity index (χ2v) is 6.35. The zero-order chi connectivity index (χ0) is 16.8. The third-order valence-electron chi connectivity index (χ3n) is 4.73. The molecule has 0 aromatic carbocycles. The summed E-state index contributed by atoms with van der Waals surface area (Å²) in [5.41, 5.74) is 3.42. The van der Waals surface area contributed by atoms with Crippen LogP contribution in [0.2, 0.25) is 0 Å². The topological polar surface area (TPSA) is 66.3 Å². The SMILES string of the molecule is O=C(O)CCCC1CCN(c2ccncc2-c2cccnc2)CC1. The molecule has 1 aliphatic heterocycles. The van der Waals surface area contributed by atoms with Gasteiger partial charge in [0, 0.05) is 61.1 Å². The molecule has 0 aliphatic carbocycles. The van der Waals surface area contributed by atoms with Gasteiger partial charge < -0.3 is 10.0 Å². The molecule has 1 aliphatic rings. The molecule has 2 aromatic heterocycles. The predicted octanol–water partition coefficient (Wildman–Crippen LogP) is 3.61. The van der Waals surface area contributed by atoms with Crippen LogP contribution in [0, 0.1) is 5.92 Å². The number of aromatic nitrogens is 2. The van der Waals surface area contributed by atoms with Gasteiger partial charge in [-0.3, -0.25) is 14.8 Å². The summed E-state index contributed by atoms with van der Waals surface area (Å²) >= 11 is 0. The number of piperidine rings is 1. The molecule has 0 unspecified atom stereocenters. The number of carbonyl (C=O) groups is 1. The molecular formula is C19H23N3O2. The number of hydrogen-bond acceptors (Lipinski definition) is 4. The number of carboxylic acid groups (broad SMARTS) is 1. The fourth-order valence-electron chi connectivity index (χ4n) is 3.41. The lowest BCUT2D eigenvalue weighted by atomic mass is 9.91. The number of pyridine rings is 2. The summed E-state index contributed by atoms with van der Waals surface area (Å²) in [5.74, 6) is -0.0467. The summed E-state index contributed by atoms with van der Waals surface area (Å²) in [7, 11) is 0. The van der Waals surface area contributed by atoms with E-state index < -0.39 is 5.97 Å². The van der Waals surface area contributed by atoms with Gasteiger partial charge in [0.05, 0.1) is 0 Å². The Bertz CT molecular complexity index is 667. The molecule has 0 radical (unpaired) electrons. The lowest BCUT2D eigenvalue weighted by Crippen LogP contribution is -2.34. The van der Waals surface area contributed by atoms with Crippen LogP contribution in [-0.2, 0) is 4.79 Å². The highest BCUT2D eigenvalue weighted by atomic mass is 16.4. The van der Waals surface area contributed by atoms with Crippen LogP contribution >= 0.6 is 0 Å². The number of carboxylic acids is 1. The summed E-state index contributed by atoms with van der Waals surface area (Å²) in [4.78, 5) is 21.5. The molecule has 126 valence electrons. The van der Waals surface area contributed by atoms with Crippen LogP contribution in [0.15, 0.2) is 43.0 Å². The smallest absolute Gasteiger partial charge is 0.303 e. The van der Waals surface area contributed by atoms with Crippen molar-refractivity contribution in [1.82, 2.24) is 9.97 Å². The van der Waals surface area contributed by atoms with Gasteiger partial charge >= 0.3 is 5.97 Å². The van der Waals surface area contributed by atoms with Gasteiger partial charge in [0.25, 0.3) is 0 Å². The Morgan fingerprint density at radius 1 is 1.17 bits per heavy atom. The van der Waals surface area contributed by atoms with Crippen molar-refractivity contribution in [3.05, 3.63) is 43.0 Å². The molecule has 3 heterocycles. The summed E-state index contributed by atoms with van der Waals surface area (Å²) in [6, 6.07) is 6.08. The summed E-state index contributed by atoms with van der Waals surface area (Å²) in [6.45, 7) is 2.02. The lowest BCUT2D eigenvalue weighted by molar-refractivity contribution is -0.137. The monoisotopic (exact) mass is 325 g/mol. The summed E-state index contributed by atoms with van der Waals surface area (Å²) in [6.07, 6.45) is 11.7. The third kappa shape index (κ3) is 4.10. The first-order valence-electron chi connectivity index (χ1n) is 8.55. The van der Waals surface area contributed by atoms with Crippen molar-refractivity contribution in [2.45, 2.75) is 32.1 Å². The van der Waals surface area contributed by atoms with E-state index in [0.29, 0.717) is 5.92 Å². The van der Waals surface area contributed by atoms with Gasteiger partial charge in [-0.1, -0.05) is 6.07 Å². The van der Waals surface area contributed by atoms with E-state index in [2.05, 4.69) is 27.0 Å². The first-order chi connectivity index (χ1) is 11.7. The van der Waals surface area contributed by atoms with E-state index in [4.69, 9.17) is 5.11 Å². The van der Waals surface area contributed by atoms with Crippen LogP contribution in [0.1, 0.15) is 32.1 Å². The molecule has 0 amide bonds. The third-order valence-corrected chi connectivity index (χ3v) is 4.73. The second-order valence-electron chi connectivity index (χ2n) is 6.35. The Labute approximate surface area is 142 Å². The molecule has 5 nitrogen and oxygen atoms in total. The lowest BCUT2D eigenvalue weighted by Gasteiger charge is -2.34. The molecule has 0 saturated carbocycles. The van der Waals surface area contributed by atoms with E-state index in [-0.39, 0.29) is 6.42 Å². The average molecular weight is 325 g/mol. The Kier molecular flexibility index (Phi) is 5.41. The van der Waals surface area contributed by atoms with Crippen LogP contribution in [-0.4, -0.2) is 34.1 Å². The van der Waals surface area contributed by atoms with Crippen LogP contribution < -0.4 is 4.90 Å². The molecule has 2 aromatic rings. The van der Waals surface area contributed by atoms with Gasteiger partial charge in [-0.2, -0.15) is 0 Å². The van der Waals surface area contributed by atoms with E-state index in [1.54, 1.807) is 6.20 Å². The number of aliphatic carboxylic acids is 1. The number of nitrogens with zero attached hydrogens (tertiary/aromatic N) is 3. The van der Waals surface area contributed by atoms with E-state index in [1.807, 2.05) is 24.7 Å². The zero-order valence-electron chi connectivity index (χ0n) is 13.8. The highest BCUT2D eigenvalue weighted by molar-refractivity contribution is 5.77. The minimum atomic E-state index is -0.690. The highest BCUT2D eigenvalue weighted by Crippen LogP contribution is 2.33. The molecule has 1 fully saturated rings. The van der Waals surface area contributed by atoms with E-state index in [0.717, 1.165) is 49.9 Å². The normalized spacial score (nSPS) is 15.4. The quantitative estimate of drug-likeness (QED) is 0.879. The van der Waals surface area contributed by atoms with Crippen LogP contribution in [0.4, 0.5) is 5.69 Å². The minimum absolute atomic E-state index is 0.287. The molecule has 5 heteroatoms. The van der Waals surface area contributed by atoms with Crippen molar-refractivity contribution < 1.29 is 9.90 Å². The van der Waals surface area contributed by atoms with Crippen molar-refractivity contribution >= 4 is 11.7 Å². The molecule has 0 spiro atoms. The van der Waals surface area contributed by atoms with Gasteiger partial charge in [-0.15, -0.1) is 0 Å². The molecule has 1 saturated heterocycles. The van der Waals surface area contributed by atoms with E-state index in [1.165, 1.54) is 5.69 Å². The average Bonchev–Trinajstić information content (AvgIpc) is 2.63. The summed E-state index contributed by atoms with van der Waals surface area (Å²) < 4.78 is 0. The second kappa shape index (κ2) is 7.90. The van der Waals surface area contributed by atoms with Gasteiger partial charge in [-0.05, 0) is 43.7 Å². The maximum absolute atomic E-state index is 10.6. The molecule has 24 heavy (non-hydrogen) atoms. The molecule has 0 bridgehead atoms. The van der Waals surface area contributed by atoms with Crippen molar-refractivity contribution in [2.24, 2.45) is 5.92 Å². The predicted molar refractivity (Wildman–Crippen MR) is 93.9 cm³/mol. The van der Waals surface area contributed by atoms with Crippen LogP contribution in [0.25, 0.3) is 11.1 Å². The number of rotatable bonds is 6. The van der Waals surface area contributed by atoms with Crippen molar-refractivity contribution in [3.63, 3.8) is 0 Å².